The van der Waals surface area contributed by atoms with Gasteiger partial charge < -0.3 is 9.47 Å². The van der Waals surface area contributed by atoms with Crippen molar-refractivity contribution in [3.63, 3.8) is 0 Å². The second-order valence-corrected chi connectivity index (χ2v) is 5.66. The van der Waals surface area contributed by atoms with Gasteiger partial charge in [0.05, 0.1) is 20.0 Å². The molecule has 0 aliphatic heterocycles. The summed E-state index contributed by atoms with van der Waals surface area (Å²) in [4.78, 5) is 27.2. The van der Waals surface area contributed by atoms with Gasteiger partial charge in [0.15, 0.2) is 5.69 Å². The fraction of sp³-hybridized carbons (Fsp3) is 0.562. The Labute approximate surface area is 143 Å². The number of nitrogens with zero attached hydrogens (tertiary/aromatic N) is 2. The maximum Gasteiger partial charge on any atom is 0.434 e. The van der Waals surface area contributed by atoms with Crippen molar-refractivity contribution in [3.05, 3.63) is 34.2 Å². The fourth-order valence-corrected chi connectivity index (χ4v) is 2.18. The quantitative estimate of drug-likeness (QED) is 0.551. The number of halogens is 3. The lowest BCUT2D eigenvalue weighted by Crippen LogP contribution is -2.35. The highest BCUT2D eigenvalue weighted by molar-refractivity contribution is 5.74. The molecule has 0 N–H and O–H groups in total. The molecule has 6 nitrogen and oxygen atoms in total. The van der Waals surface area contributed by atoms with E-state index in [4.69, 9.17) is 4.74 Å². The van der Waals surface area contributed by atoms with Crippen LogP contribution in [0.1, 0.15) is 44.5 Å². The smallest absolute Gasteiger partial charge is 0.434 e. The van der Waals surface area contributed by atoms with Gasteiger partial charge in [0.2, 0.25) is 0 Å². The highest BCUT2D eigenvalue weighted by Gasteiger charge is 2.37. The number of esters is 1. The summed E-state index contributed by atoms with van der Waals surface area (Å²) in [7, 11) is 1.15. The maximum atomic E-state index is 13.1. The number of aromatic nitrogens is 2. The first-order valence-electron chi connectivity index (χ1n) is 7.68. The topological polar surface area (TPSA) is 70.4 Å². The third-order valence-electron chi connectivity index (χ3n) is 3.26. The monoisotopic (exact) mass is 362 g/mol. The number of carbonyl (C=O) groups is 1. The minimum Gasteiger partial charge on any atom is -0.501 e. The Morgan fingerprint density at radius 3 is 2.52 bits per heavy atom. The number of carbonyl (C=O) groups excluding carboxylic acids is 1. The van der Waals surface area contributed by atoms with Crippen LogP contribution < -0.4 is 5.69 Å². The van der Waals surface area contributed by atoms with E-state index in [-0.39, 0.29) is 24.5 Å². The standard InChI is InChI=1S/C16H21F3N2O4/c1-5-25-7-6-11-9-21(12(8-10(2)3)14(22)24-4)15(23)20-13(11)16(17,18)19/h6-7,9-10,12H,5,8H2,1-4H3. The molecule has 1 unspecified atom stereocenters. The second kappa shape index (κ2) is 8.68. The van der Waals surface area contributed by atoms with E-state index in [1.165, 1.54) is 0 Å². The molecule has 1 rings (SSSR count). The third-order valence-corrected chi connectivity index (χ3v) is 3.26. The molecule has 1 heterocycles. The van der Waals surface area contributed by atoms with Crippen molar-refractivity contribution in [1.29, 1.82) is 0 Å². The number of methoxy groups -OCH3 is 1. The molecule has 0 amide bonds. The summed E-state index contributed by atoms with van der Waals surface area (Å²) < 4.78 is 49.8. The van der Waals surface area contributed by atoms with Crippen molar-refractivity contribution in [3.8, 4) is 0 Å². The Hall–Kier alpha value is -2.32. The van der Waals surface area contributed by atoms with E-state index in [9.17, 15) is 22.8 Å². The normalized spacial score (nSPS) is 13.3. The number of hydrogen-bond acceptors (Lipinski definition) is 5. The SMILES string of the molecule is CCOC=Cc1cn(C(CC(C)C)C(=O)OC)c(=O)nc1C(F)(F)F. The van der Waals surface area contributed by atoms with E-state index in [2.05, 4.69) is 9.72 Å². The number of ether oxygens (including phenoxy) is 2. The molecule has 1 aromatic rings. The van der Waals surface area contributed by atoms with Crippen LogP contribution in [0.5, 0.6) is 0 Å². The Kier molecular flexibility index (Phi) is 7.20. The Morgan fingerprint density at radius 2 is 2.04 bits per heavy atom. The average molecular weight is 362 g/mol. The van der Waals surface area contributed by atoms with Crippen molar-refractivity contribution < 1.29 is 27.4 Å². The molecule has 0 aliphatic rings. The van der Waals surface area contributed by atoms with Crippen LogP contribution in [0.15, 0.2) is 17.3 Å². The van der Waals surface area contributed by atoms with Gasteiger partial charge in [-0.3, -0.25) is 4.57 Å². The molecule has 0 aromatic carbocycles. The third kappa shape index (κ3) is 5.61. The van der Waals surface area contributed by atoms with Crippen molar-refractivity contribution in [2.45, 2.75) is 39.4 Å². The van der Waals surface area contributed by atoms with Crippen molar-refractivity contribution in [1.82, 2.24) is 9.55 Å². The molecule has 0 aliphatic carbocycles. The molecular formula is C16H21F3N2O4. The minimum atomic E-state index is -4.82. The Bertz CT molecular complexity index is 681. The van der Waals surface area contributed by atoms with E-state index >= 15 is 0 Å². The highest BCUT2D eigenvalue weighted by atomic mass is 19.4. The van der Waals surface area contributed by atoms with E-state index in [1.807, 2.05) is 13.8 Å². The highest BCUT2D eigenvalue weighted by Crippen LogP contribution is 2.30. The van der Waals surface area contributed by atoms with Crippen LogP contribution in [0.4, 0.5) is 13.2 Å². The zero-order valence-electron chi connectivity index (χ0n) is 14.5. The summed E-state index contributed by atoms with van der Waals surface area (Å²) in [6, 6.07) is -1.06. The largest absolute Gasteiger partial charge is 0.501 e. The molecule has 9 heteroatoms. The van der Waals surface area contributed by atoms with Crippen LogP contribution >= 0.6 is 0 Å². The van der Waals surface area contributed by atoms with Gasteiger partial charge in [-0.15, -0.1) is 0 Å². The van der Waals surface area contributed by atoms with Gasteiger partial charge in [-0.1, -0.05) is 13.8 Å². The van der Waals surface area contributed by atoms with Crippen LogP contribution in [-0.4, -0.2) is 29.2 Å². The van der Waals surface area contributed by atoms with Gasteiger partial charge in [0.1, 0.15) is 6.04 Å². The first kappa shape index (κ1) is 20.7. The second-order valence-electron chi connectivity index (χ2n) is 5.66. The van der Waals surface area contributed by atoms with Gasteiger partial charge in [0.25, 0.3) is 0 Å². The summed E-state index contributed by atoms with van der Waals surface area (Å²) in [5.74, 6) is -0.724. The molecule has 0 saturated carbocycles. The van der Waals surface area contributed by atoms with E-state index in [0.717, 1.165) is 30.2 Å². The van der Waals surface area contributed by atoms with E-state index < -0.39 is 29.6 Å². The van der Waals surface area contributed by atoms with Crippen molar-refractivity contribution >= 4 is 12.0 Å². The van der Waals surface area contributed by atoms with Gasteiger partial charge in [0, 0.05) is 11.8 Å². The average Bonchev–Trinajstić information content (AvgIpc) is 2.52. The van der Waals surface area contributed by atoms with Crippen LogP contribution in [0.2, 0.25) is 0 Å². The van der Waals surface area contributed by atoms with Crippen LogP contribution in [-0.2, 0) is 20.4 Å². The predicted octanol–water partition coefficient (Wildman–Crippen LogP) is 3.03. The lowest BCUT2D eigenvalue weighted by atomic mass is 10.0. The summed E-state index contributed by atoms with van der Waals surface area (Å²) in [6.07, 6.45) is -1.51. The molecule has 1 atom stereocenters. The molecule has 25 heavy (non-hydrogen) atoms. The van der Waals surface area contributed by atoms with E-state index in [0.29, 0.717) is 0 Å². The summed E-state index contributed by atoms with van der Waals surface area (Å²) in [5.41, 5.74) is -2.88. The lowest BCUT2D eigenvalue weighted by Gasteiger charge is -2.20. The summed E-state index contributed by atoms with van der Waals surface area (Å²) in [5, 5.41) is 0. The summed E-state index contributed by atoms with van der Waals surface area (Å²) >= 11 is 0. The molecule has 0 saturated heterocycles. The van der Waals surface area contributed by atoms with Gasteiger partial charge in [-0.2, -0.15) is 18.2 Å². The molecule has 140 valence electrons. The van der Waals surface area contributed by atoms with Crippen molar-refractivity contribution in [2.75, 3.05) is 13.7 Å². The van der Waals surface area contributed by atoms with Crippen molar-refractivity contribution in [2.24, 2.45) is 5.92 Å². The fourth-order valence-electron chi connectivity index (χ4n) is 2.18. The van der Waals surface area contributed by atoms with Gasteiger partial charge >= 0.3 is 17.8 Å². The molecule has 1 aromatic heterocycles. The Morgan fingerprint density at radius 1 is 1.40 bits per heavy atom. The van der Waals surface area contributed by atoms with Gasteiger partial charge in [-0.05, 0) is 25.3 Å². The van der Waals surface area contributed by atoms with Crippen LogP contribution in [0, 0.1) is 5.92 Å². The maximum absolute atomic E-state index is 13.1. The van der Waals surface area contributed by atoms with Gasteiger partial charge in [-0.25, -0.2) is 9.59 Å². The number of hydrogen-bond donors (Lipinski definition) is 0. The first-order chi connectivity index (χ1) is 11.6. The number of alkyl halides is 3. The zero-order valence-corrected chi connectivity index (χ0v) is 14.5. The molecule has 0 bridgehead atoms. The first-order valence-corrected chi connectivity index (χ1v) is 7.68. The molecule has 0 radical (unpaired) electrons. The molecule has 0 fully saturated rings. The van der Waals surface area contributed by atoms with E-state index in [1.54, 1.807) is 6.92 Å². The Balaban J connectivity index is 3.52. The number of rotatable bonds is 7. The molecular weight excluding hydrogens is 341 g/mol. The lowest BCUT2D eigenvalue weighted by molar-refractivity contribution is -0.145. The van der Waals surface area contributed by atoms with Crippen LogP contribution in [0.25, 0.3) is 6.08 Å². The zero-order chi connectivity index (χ0) is 19.2. The molecule has 0 spiro atoms. The minimum absolute atomic E-state index is 0.000657. The predicted molar refractivity (Wildman–Crippen MR) is 84.7 cm³/mol. The van der Waals surface area contributed by atoms with Crippen LogP contribution in [0.3, 0.4) is 0 Å². The summed E-state index contributed by atoms with van der Waals surface area (Å²) in [6.45, 7) is 5.57.